The molecule has 3 rings (SSSR count). The fourth-order valence-electron chi connectivity index (χ4n) is 3.74. The zero-order chi connectivity index (χ0) is 21.0. The maximum atomic E-state index is 12.9. The summed E-state index contributed by atoms with van der Waals surface area (Å²) in [6.07, 6.45) is 3.43. The molecule has 1 aliphatic rings. The van der Waals surface area contributed by atoms with Crippen molar-refractivity contribution in [1.82, 2.24) is 4.31 Å². The Morgan fingerprint density at radius 2 is 1.55 bits per heavy atom. The number of hydrogen-bond donors (Lipinski definition) is 1. The maximum absolute atomic E-state index is 12.9. The van der Waals surface area contributed by atoms with Gasteiger partial charge in [-0.3, -0.25) is 4.79 Å². The smallest absolute Gasteiger partial charge is 0.255 e. The number of carbonyl (C=O) groups is 1. The van der Waals surface area contributed by atoms with E-state index in [4.69, 9.17) is 0 Å². The first-order chi connectivity index (χ1) is 13.9. The number of amides is 1. The van der Waals surface area contributed by atoms with Crippen LogP contribution in [0.1, 0.15) is 55.1 Å². The fraction of sp³-hybridized carbons (Fsp3) is 0.435. The van der Waals surface area contributed by atoms with Crippen molar-refractivity contribution in [3.05, 3.63) is 59.2 Å². The Hall–Kier alpha value is -2.18. The van der Waals surface area contributed by atoms with E-state index in [1.165, 1.54) is 12.1 Å². The number of anilines is 1. The summed E-state index contributed by atoms with van der Waals surface area (Å²) in [4.78, 5) is 13.0. The minimum Gasteiger partial charge on any atom is -0.321 e. The van der Waals surface area contributed by atoms with Crippen LogP contribution in [0.3, 0.4) is 0 Å². The molecule has 6 heteroatoms. The highest BCUT2D eigenvalue weighted by atomic mass is 32.2. The van der Waals surface area contributed by atoms with Gasteiger partial charge in [0, 0.05) is 24.3 Å². The van der Waals surface area contributed by atoms with Gasteiger partial charge in [-0.05, 0) is 67.0 Å². The van der Waals surface area contributed by atoms with Crippen molar-refractivity contribution in [2.24, 2.45) is 5.92 Å². The van der Waals surface area contributed by atoms with E-state index in [9.17, 15) is 13.2 Å². The van der Waals surface area contributed by atoms with Crippen molar-refractivity contribution < 1.29 is 13.2 Å². The van der Waals surface area contributed by atoms with Gasteiger partial charge in [-0.15, -0.1) is 0 Å². The number of sulfonamides is 1. The number of nitrogens with zero attached hydrogens (tertiary/aromatic N) is 1. The number of nitrogens with one attached hydrogen (secondary N) is 1. The molecule has 2 aromatic carbocycles. The summed E-state index contributed by atoms with van der Waals surface area (Å²) in [5, 5.41) is 3.02. The van der Waals surface area contributed by atoms with Crippen LogP contribution in [0.15, 0.2) is 47.4 Å². The first-order valence-corrected chi connectivity index (χ1v) is 11.8. The van der Waals surface area contributed by atoms with Crippen LogP contribution in [0, 0.1) is 5.92 Å². The van der Waals surface area contributed by atoms with E-state index >= 15 is 0 Å². The number of rotatable bonds is 6. The molecule has 1 amide bonds. The Labute approximate surface area is 174 Å². The highest BCUT2D eigenvalue weighted by molar-refractivity contribution is 7.89. The Morgan fingerprint density at radius 3 is 2.07 bits per heavy atom. The monoisotopic (exact) mass is 414 g/mol. The van der Waals surface area contributed by atoms with Crippen LogP contribution in [-0.4, -0.2) is 31.7 Å². The summed E-state index contributed by atoms with van der Waals surface area (Å²) in [5.74, 6) is 0.336. The second kappa shape index (κ2) is 9.09. The number of carbonyl (C=O) groups excluding carboxylic acids is 1. The second-order valence-electron chi connectivity index (χ2n) is 7.72. The third-order valence-electron chi connectivity index (χ3n) is 5.73. The van der Waals surface area contributed by atoms with Crippen LogP contribution in [0.2, 0.25) is 0 Å². The van der Waals surface area contributed by atoms with Gasteiger partial charge in [-0.25, -0.2) is 8.42 Å². The van der Waals surface area contributed by atoms with Gasteiger partial charge < -0.3 is 5.32 Å². The average Bonchev–Trinajstić information content (AvgIpc) is 2.74. The van der Waals surface area contributed by atoms with E-state index in [2.05, 4.69) is 26.1 Å². The summed E-state index contributed by atoms with van der Waals surface area (Å²) in [6, 6.07) is 12.3. The molecule has 0 aromatic heterocycles. The van der Waals surface area contributed by atoms with Crippen LogP contribution >= 0.6 is 0 Å². The molecule has 0 saturated carbocycles. The van der Waals surface area contributed by atoms with Gasteiger partial charge in [0.1, 0.15) is 0 Å². The van der Waals surface area contributed by atoms with Crippen LogP contribution < -0.4 is 5.32 Å². The molecule has 5 nitrogen and oxygen atoms in total. The molecule has 1 fully saturated rings. The Morgan fingerprint density at radius 1 is 1.00 bits per heavy atom. The van der Waals surface area contributed by atoms with Crippen LogP contribution in [0.5, 0.6) is 0 Å². The molecule has 1 saturated heterocycles. The lowest BCUT2D eigenvalue weighted by Crippen LogP contribution is -2.37. The number of para-hydroxylation sites is 1. The molecule has 29 heavy (non-hydrogen) atoms. The molecule has 0 spiro atoms. The van der Waals surface area contributed by atoms with E-state index in [1.807, 2.05) is 18.2 Å². The summed E-state index contributed by atoms with van der Waals surface area (Å²) < 4.78 is 27.3. The molecule has 156 valence electrons. The normalized spacial score (nSPS) is 16.0. The van der Waals surface area contributed by atoms with Crippen LogP contribution in [-0.2, 0) is 22.9 Å². The van der Waals surface area contributed by atoms with Gasteiger partial charge >= 0.3 is 0 Å². The van der Waals surface area contributed by atoms with E-state index < -0.39 is 10.0 Å². The third-order valence-corrected chi connectivity index (χ3v) is 7.65. The molecule has 0 bridgehead atoms. The van der Waals surface area contributed by atoms with Gasteiger partial charge in [0.15, 0.2) is 0 Å². The topological polar surface area (TPSA) is 66.5 Å². The number of aryl methyl sites for hydroxylation is 2. The largest absolute Gasteiger partial charge is 0.321 e. The van der Waals surface area contributed by atoms with Crippen molar-refractivity contribution in [3.63, 3.8) is 0 Å². The average molecular weight is 415 g/mol. The standard InChI is InChI=1S/C23H30N2O3S/c1-4-18-7-6-8-19(5-2)22(18)24-23(26)20-9-11-21(12-10-20)29(27,28)25-15-13-17(3)14-16-25/h6-12,17H,4-5,13-16H2,1-3H3,(H,24,26). The van der Waals surface area contributed by atoms with Crippen molar-refractivity contribution in [3.8, 4) is 0 Å². The summed E-state index contributed by atoms with van der Waals surface area (Å²) in [5.41, 5.74) is 3.50. The summed E-state index contributed by atoms with van der Waals surface area (Å²) in [6.45, 7) is 7.38. The van der Waals surface area contributed by atoms with Crippen molar-refractivity contribution in [2.45, 2.75) is 51.3 Å². The molecule has 1 aliphatic heterocycles. The van der Waals surface area contributed by atoms with Crippen molar-refractivity contribution in [2.75, 3.05) is 18.4 Å². The highest BCUT2D eigenvalue weighted by Crippen LogP contribution is 2.25. The van der Waals surface area contributed by atoms with Gasteiger partial charge in [0.2, 0.25) is 10.0 Å². The first-order valence-electron chi connectivity index (χ1n) is 10.4. The fourth-order valence-corrected chi connectivity index (χ4v) is 5.21. The Kier molecular flexibility index (Phi) is 6.75. The van der Waals surface area contributed by atoms with E-state index in [1.54, 1.807) is 16.4 Å². The molecule has 0 radical (unpaired) electrons. The quantitative estimate of drug-likeness (QED) is 0.758. The molecule has 1 N–H and O–H groups in total. The van der Waals surface area contributed by atoms with Crippen LogP contribution in [0.25, 0.3) is 0 Å². The number of hydrogen-bond acceptors (Lipinski definition) is 3. The molecule has 0 aliphatic carbocycles. The van der Waals surface area contributed by atoms with E-state index in [-0.39, 0.29) is 10.8 Å². The molecule has 1 heterocycles. The Balaban J connectivity index is 1.78. The molecule has 0 unspecified atom stereocenters. The Bertz CT molecular complexity index is 938. The molecule has 2 aromatic rings. The molecular formula is C23H30N2O3S. The third kappa shape index (κ3) is 4.70. The number of piperidine rings is 1. The van der Waals surface area contributed by atoms with Gasteiger partial charge in [0.25, 0.3) is 5.91 Å². The molecule has 0 atom stereocenters. The lowest BCUT2D eigenvalue weighted by Gasteiger charge is -2.29. The predicted molar refractivity (Wildman–Crippen MR) is 117 cm³/mol. The van der Waals surface area contributed by atoms with Crippen LogP contribution in [0.4, 0.5) is 5.69 Å². The van der Waals surface area contributed by atoms with Crippen molar-refractivity contribution >= 4 is 21.6 Å². The SMILES string of the molecule is CCc1cccc(CC)c1NC(=O)c1ccc(S(=O)(=O)N2CCC(C)CC2)cc1. The highest BCUT2D eigenvalue weighted by Gasteiger charge is 2.28. The number of benzene rings is 2. The predicted octanol–water partition coefficient (Wildman–Crippen LogP) is 4.48. The van der Waals surface area contributed by atoms with Crippen molar-refractivity contribution in [1.29, 1.82) is 0 Å². The zero-order valence-corrected chi connectivity index (χ0v) is 18.3. The summed E-state index contributed by atoms with van der Waals surface area (Å²) >= 11 is 0. The van der Waals surface area contributed by atoms with Gasteiger partial charge in [0.05, 0.1) is 4.90 Å². The van der Waals surface area contributed by atoms with E-state index in [0.29, 0.717) is 24.6 Å². The van der Waals surface area contributed by atoms with E-state index in [0.717, 1.165) is 42.5 Å². The minimum absolute atomic E-state index is 0.226. The maximum Gasteiger partial charge on any atom is 0.255 e. The minimum atomic E-state index is -3.51. The van der Waals surface area contributed by atoms with Gasteiger partial charge in [-0.1, -0.05) is 39.0 Å². The van der Waals surface area contributed by atoms with Gasteiger partial charge in [-0.2, -0.15) is 4.31 Å². The lowest BCUT2D eigenvalue weighted by molar-refractivity contribution is 0.102. The lowest BCUT2D eigenvalue weighted by atomic mass is 10.0. The first kappa shape index (κ1) is 21.5. The summed E-state index contributed by atoms with van der Waals surface area (Å²) in [7, 11) is -3.51. The zero-order valence-electron chi connectivity index (χ0n) is 17.4. The molecular weight excluding hydrogens is 384 g/mol. The second-order valence-corrected chi connectivity index (χ2v) is 9.66.